The van der Waals surface area contributed by atoms with E-state index in [-0.39, 0.29) is 6.04 Å². The van der Waals surface area contributed by atoms with Crippen molar-refractivity contribution >= 4 is 0 Å². The number of aromatic nitrogens is 1. The average Bonchev–Trinajstić information content (AvgIpc) is 2.60. The normalized spacial score (nSPS) is 22.5. The fourth-order valence-electron chi connectivity index (χ4n) is 2.88. The molecule has 1 unspecified atom stereocenters. The van der Waals surface area contributed by atoms with Crippen molar-refractivity contribution in [3.05, 3.63) is 23.5 Å². The van der Waals surface area contributed by atoms with Crippen molar-refractivity contribution in [2.45, 2.75) is 45.7 Å². The first-order chi connectivity index (χ1) is 8.03. The van der Waals surface area contributed by atoms with Gasteiger partial charge in [-0.2, -0.15) is 0 Å². The van der Waals surface area contributed by atoms with Crippen LogP contribution in [-0.2, 0) is 17.7 Å². The summed E-state index contributed by atoms with van der Waals surface area (Å²) >= 11 is 0. The quantitative estimate of drug-likeness (QED) is 0.816. The molecule has 0 aliphatic heterocycles. The monoisotopic (exact) mass is 236 g/mol. The largest absolute Gasteiger partial charge is 0.385 e. The summed E-state index contributed by atoms with van der Waals surface area (Å²) in [5.74, 6) is 0. The molecule has 0 radical (unpaired) electrons. The van der Waals surface area contributed by atoms with Crippen molar-refractivity contribution < 1.29 is 4.74 Å². The topological polar surface area (TPSA) is 40.2 Å². The summed E-state index contributed by atoms with van der Waals surface area (Å²) in [4.78, 5) is 0. The molecule has 1 aromatic rings. The first-order valence-electron chi connectivity index (χ1n) is 6.46. The average molecular weight is 236 g/mol. The van der Waals surface area contributed by atoms with Crippen LogP contribution < -0.4 is 5.73 Å². The molecule has 96 valence electrons. The van der Waals surface area contributed by atoms with Gasteiger partial charge in [-0.1, -0.05) is 13.8 Å². The van der Waals surface area contributed by atoms with E-state index in [2.05, 4.69) is 30.7 Å². The van der Waals surface area contributed by atoms with Gasteiger partial charge in [-0.3, -0.25) is 0 Å². The molecule has 17 heavy (non-hydrogen) atoms. The molecule has 1 atom stereocenters. The number of ether oxygens (including phenoxy) is 1. The number of rotatable bonds is 4. The van der Waals surface area contributed by atoms with Gasteiger partial charge < -0.3 is 15.0 Å². The minimum absolute atomic E-state index is 0.206. The Labute approximate surface area is 104 Å². The highest BCUT2D eigenvalue weighted by atomic mass is 16.5. The summed E-state index contributed by atoms with van der Waals surface area (Å²) in [7, 11) is 1.75. The maximum absolute atomic E-state index is 6.25. The lowest BCUT2D eigenvalue weighted by atomic mass is 9.74. The Bertz CT molecular complexity index is 382. The number of fused-ring (bicyclic) bond motifs is 1. The lowest BCUT2D eigenvalue weighted by Gasteiger charge is -2.34. The van der Waals surface area contributed by atoms with E-state index in [1.165, 1.54) is 11.3 Å². The molecule has 0 saturated heterocycles. The maximum atomic E-state index is 6.25. The molecule has 1 aromatic heterocycles. The van der Waals surface area contributed by atoms with Crippen LogP contribution in [0, 0.1) is 5.41 Å². The molecular formula is C14H24N2O. The third-order valence-corrected chi connectivity index (χ3v) is 3.68. The van der Waals surface area contributed by atoms with Crippen molar-refractivity contribution in [2.75, 3.05) is 13.7 Å². The second-order valence-electron chi connectivity index (χ2n) is 5.91. The van der Waals surface area contributed by atoms with E-state index in [0.717, 1.165) is 32.4 Å². The molecule has 0 fully saturated rings. The van der Waals surface area contributed by atoms with Crippen LogP contribution in [0.3, 0.4) is 0 Å². The summed E-state index contributed by atoms with van der Waals surface area (Å²) in [6.45, 7) is 6.47. The van der Waals surface area contributed by atoms with E-state index in [4.69, 9.17) is 10.5 Å². The van der Waals surface area contributed by atoms with Crippen LogP contribution in [0.4, 0.5) is 0 Å². The van der Waals surface area contributed by atoms with Crippen LogP contribution in [0.25, 0.3) is 0 Å². The lowest BCUT2D eigenvalue weighted by molar-refractivity contribution is 0.189. The predicted molar refractivity (Wildman–Crippen MR) is 70.0 cm³/mol. The smallest absolute Gasteiger partial charge is 0.0479 e. The third-order valence-electron chi connectivity index (χ3n) is 3.68. The van der Waals surface area contributed by atoms with E-state index in [9.17, 15) is 0 Å². The second kappa shape index (κ2) is 4.83. The highest BCUT2D eigenvalue weighted by Gasteiger charge is 2.32. The van der Waals surface area contributed by atoms with E-state index >= 15 is 0 Å². The van der Waals surface area contributed by atoms with Crippen molar-refractivity contribution in [3.8, 4) is 0 Å². The molecule has 2 N–H and O–H groups in total. The number of nitrogens with two attached hydrogens (primary N) is 1. The summed E-state index contributed by atoms with van der Waals surface area (Å²) in [6.07, 6.45) is 5.47. The first-order valence-corrected chi connectivity index (χ1v) is 6.46. The number of hydrogen-bond donors (Lipinski definition) is 1. The summed E-state index contributed by atoms with van der Waals surface area (Å²) in [5.41, 5.74) is 9.36. The van der Waals surface area contributed by atoms with Gasteiger partial charge in [-0.15, -0.1) is 0 Å². The Kier molecular flexibility index (Phi) is 3.59. The molecule has 2 rings (SSSR count). The zero-order valence-corrected chi connectivity index (χ0v) is 11.2. The van der Waals surface area contributed by atoms with Gasteiger partial charge >= 0.3 is 0 Å². The second-order valence-corrected chi connectivity index (χ2v) is 5.91. The Morgan fingerprint density at radius 3 is 3.00 bits per heavy atom. The van der Waals surface area contributed by atoms with Crippen molar-refractivity contribution in [1.29, 1.82) is 0 Å². The van der Waals surface area contributed by atoms with E-state index < -0.39 is 0 Å². The van der Waals surface area contributed by atoms with Crippen molar-refractivity contribution in [3.63, 3.8) is 0 Å². The Morgan fingerprint density at radius 2 is 2.29 bits per heavy atom. The van der Waals surface area contributed by atoms with Crippen molar-refractivity contribution in [1.82, 2.24) is 4.57 Å². The van der Waals surface area contributed by atoms with Gasteiger partial charge in [0.25, 0.3) is 0 Å². The predicted octanol–water partition coefficient (Wildman–Crippen LogP) is 2.50. The molecule has 3 heteroatoms. The van der Waals surface area contributed by atoms with Crippen LogP contribution in [-0.4, -0.2) is 18.3 Å². The molecule has 0 amide bonds. The van der Waals surface area contributed by atoms with Gasteiger partial charge in [-0.25, -0.2) is 0 Å². The molecule has 0 aromatic carbocycles. The van der Waals surface area contributed by atoms with E-state index in [1.807, 2.05) is 0 Å². The highest BCUT2D eigenvalue weighted by Crippen LogP contribution is 2.39. The fraction of sp³-hybridized carbons (Fsp3) is 0.714. The zero-order chi connectivity index (χ0) is 12.5. The van der Waals surface area contributed by atoms with Gasteiger partial charge in [0.1, 0.15) is 0 Å². The minimum atomic E-state index is 0.206. The SMILES string of the molecule is COCCCn1ccc2c1CC(C)(C)CC2N. The first kappa shape index (κ1) is 12.7. The van der Waals surface area contributed by atoms with Crippen LogP contribution in [0.15, 0.2) is 12.3 Å². The third kappa shape index (κ3) is 2.72. The molecular weight excluding hydrogens is 212 g/mol. The van der Waals surface area contributed by atoms with Crippen molar-refractivity contribution in [2.24, 2.45) is 11.1 Å². The minimum Gasteiger partial charge on any atom is -0.385 e. The molecule has 1 heterocycles. The molecule has 1 aliphatic carbocycles. The van der Waals surface area contributed by atoms with E-state index in [1.54, 1.807) is 7.11 Å². The Morgan fingerprint density at radius 1 is 1.53 bits per heavy atom. The molecule has 0 saturated carbocycles. The Hall–Kier alpha value is -0.800. The zero-order valence-electron chi connectivity index (χ0n) is 11.2. The number of hydrogen-bond acceptors (Lipinski definition) is 2. The number of methoxy groups -OCH3 is 1. The molecule has 1 aliphatic rings. The van der Waals surface area contributed by atoms with Crippen LogP contribution in [0.2, 0.25) is 0 Å². The lowest BCUT2D eigenvalue weighted by Crippen LogP contribution is -2.30. The van der Waals surface area contributed by atoms with Crippen LogP contribution in [0.1, 0.15) is 44.0 Å². The van der Waals surface area contributed by atoms with Gasteiger partial charge in [0.15, 0.2) is 0 Å². The maximum Gasteiger partial charge on any atom is 0.0479 e. The number of aryl methyl sites for hydroxylation is 1. The summed E-state index contributed by atoms with van der Waals surface area (Å²) in [5, 5.41) is 0. The van der Waals surface area contributed by atoms with Gasteiger partial charge in [-0.05, 0) is 36.3 Å². The summed E-state index contributed by atoms with van der Waals surface area (Å²) < 4.78 is 7.46. The molecule has 0 bridgehead atoms. The Balaban J connectivity index is 2.16. The van der Waals surface area contributed by atoms with Crippen LogP contribution >= 0.6 is 0 Å². The van der Waals surface area contributed by atoms with Crippen LogP contribution in [0.5, 0.6) is 0 Å². The standard InChI is InChI=1S/C14H24N2O/c1-14(2)9-12(15)11-5-7-16(13(11)10-14)6-4-8-17-3/h5,7,12H,4,6,8-10,15H2,1-3H3. The summed E-state index contributed by atoms with van der Waals surface area (Å²) in [6, 6.07) is 2.40. The van der Waals surface area contributed by atoms with Gasteiger partial charge in [0, 0.05) is 38.2 Å². The van der Waals surface area contributed by atoms with E-state index in [0.29, 0.717) is 5.41 Å². The van der Waals surface area contributed by atoms with Gasteiger partial charge in [0.2, 0.25) is 0 Å². The number of nitrogens with zero attached hydrogens (tertiary/aromatic N) is 1. The molecule has 0 spiro atoms. The highest BCUT2D eigenvalue weighted by molar-refractivity contribution is 5.30. The fourth-order valence-corrected chi connectivity index (χ4v) is 2.88. The van der Waals surface area contributed by atoms with Gasteiger partial charge in [0.05, 0.1) is 0 Å². The molecule has 3 nitrogen and oxygen atoms in total.